The van der Waals surface area contributed by atoms with Crippen LogP contribution in [0.15, 0.2) is 18.7 Å². The van der Waals surface area contributed by atoms with Crippen LogP contribution in [-0.2, 0) is 6.54 Å². The first-order valence-electron chi connectivity index (χ1n) is 6.77. The Kier molecular flexibility index (Phi) is 3.16. The van der Waals surface area contributed by atoms with Gasteiger partial charge in [0.1, 0.15) is 0 Å². The van der Waals surface area contributed by atoms with Crippen LogP contribution in [0.5, 0.6) is 0 Å². The van der Waals surface area contributed by atoms with Gasteiger partial charge in [0, 0.05) is 50.2 Å². The van der Waals surface area contributed by atoms with Gasteiger partial charge < -0.3 is 9.88 Å². The highest BCUT2D eigenvalue weighted by Gasteiger charge is 2.34. The van der Waals surface area contributed by atoms with Gasteiger partial charge in [0.05, 0.1) is 6.33 Å². The van der Waals surface area contributed by atoms with Gasteiger partial charge in [-0.05, 0) is 26.2 Å². The van der Waals surface area contributed by atoms with Crippen molar-refractivity contribution >= 4 is 0 Å². The third kappa shape index (κ3) is 2.87. The predicted octanol–water partition coefficient (Wildman–Crippen LogP) is 1.10. The number of hydrogen-bond acceptors (Lipinski definition) is 3. The van der Waals surface area contributed by atoms with E-state index < -0.39 is 0 Å². The molecule has 1 aromatic rings. The summed E-state index contributed by atoms with van der Waals surface area (Å²) in [7, 11) is 0. The van der Waals surface area contributed by atoms with Crippen LogP contribution < -0.4 is 5.32 Å². The van der Waals surface area contributed by atoms with Gasteiger partial charge in [0.25, 0.3) is 0 Å². The molecule has 2 atom stereocenters. The van der Waals surface area contributed by atoms with Crippen molar-refractivity contribution in [3.05, 3.63) is 18.7 Å². The van der Waals surface area contributed by atoms with Crippen molar-refractivity contribution in [2.75, 3.05) is 13.1 Å². The molecule has 1 aliphatic carbocycles. The monoisotopic (exact) mass is 234 g/mol. The van der Waals surface area contributed by atoms with Gasteiger partial charge in [-0.1, -0.05) is 0 Å². The average molecular weight is 234 g/mol. The molecule has 1 saturated heterocycles. The predicted molar refractivity (Wildman–Crippen MR) is 67.8 cm³/mol. The summed E-state index contributed by atoms with van der Waals surface area (Å²) < 4.78 is 2.14. The Labute approximate surface area is 103 Å². The van der Waals surface area contributed by atoms with E-state index in [2.05, 4.69) is 26.7 Å². The zero-order valence-electron chi connectivity index (χ0n) is 10.5. The van der Waals surface area contributed by atoms with Crippen LogP contribution in [0.25, 0.3) is 0 Å². The van der Waals surface area contributed by atoms with E-state index in [1.807, 2.05) is 18.7 Å². The van der Waals surface area contributed by atoms with Crippen LogP contribution in [-0.4, -0.2) is 45.7 Å². The van der Waals surface area contributed by atoms with Gasteiger partial charge in [0.15, 0.2) is 0 Å². The molecule has 17 heavy (non-hydrogen) atoms. The van der Waals surface area contributed by atoms with Crippen molar-refractivity contribution in [3.8, 4) is 0 Å². The molecule has 0 radical (unpaired) electrons. The molecule has 0 amide bonds. The van der Waals surface area contributed by atoms with Gasteiger partial charge >= 0.3 is 0 Å². The lowest BCUT2D eigenvalue weighted by Gasteiger charge is -2.20. The van der Waals surface area contributed by atoms with E-state index in [-0.39, 0.29) is 0 Å². The minimum absolute atomic E-state index is 0.522. The lowest BCUT2D eigenvalue weighted by Crippen LogP contribution is -2.40. The summed E-state index contributed by atoms with van der Waals surface area (Å²) in [4.78, 5) is 6.73. The fraction of sp³-hybridized carbons (Fsp3) is 0.769. The molecule has 1 aromatic heterocycles. The third-order valence-electron chi connectivity index (χ3n) is 3.85. The van der Waals surface area contributed by atoms with E-state index in [0.717, 1.165) is 12.6 Å². The maximum absolute atomic E-state index is 4.08. The van der Waals surface area contributed by atoms with Crippen molar-refractivity contribution in [1.29, 1.82) is 0 Å². The fourth-order valence-electron chi connectivity index (χ4n) is 2.86. The highest BCUT2D eigenvalue weighted by atomic mass is 15.2. The van der Waals surface area contributed by atoms with E-state index in [1.54, 1.807) is 0 Å². The first-order valence-corrected chi connectivity index (χ1v) is 6.77. The first kappa shape index (κ1) is 11.2. The number of rotatable bonds is 5. The van der Waals surface area contributed by atoms with Crippen LogP contribution in [0.1, 0.15) is 26.2 Å². The first-order chi connectivity index (χ1) is 8.31. The minimum Gasteiger partial charge on any atom is -0.336 e. The summed E-state index contributed by atoms with van der Waals surface area (Å²) >= 11 is 0. The molecule has 1 aliphatic heterocycles. The Bertz CT molecular complexity index is 344. The van der Waals surface area contributed by atoms with Crippen molar-refractivity contribution in [1.82, 2.24) is 19.8 Å². The molecule has 3 rings (SSSR count). The summed E-state index contributed by atoms with van der Waals surface area (Å²) in [6.07, 6.45) is 9.93. The Balaban J connectivity index is 1.43. The molecule has 1 N–H and O–H groups in total. The van der Waals surface area contributed by atoms with Gasteiger partial charge in [0.2, 0.25) is 0 Å². The van der Waals surface area contributed by atoms with E-state index in [0.29, 0.717) is 12.1 Å². The zero-order valence-corrected chi connectivity index (χ0v) is 10.5. The maximum atomic E-state index is 4.08. The summed E-state index contributed by atoms with van der Waals surface area (Å²) in [6, 6.07) is 2.13. The number of likely N-dealkylation sites (tertiary alicyclic amines) is 1. The van der Waals surface area contributed by atoms with Gasteiger partial charge in [-0.25, -0.2) is 4.98 Å². The molecule has 2 aliphatic rings. The summed E-state index contributed by atoms with van der Waals surface area (Å²) in [5.41, 5.74) is 0. The second-order valence-electron chi connectivity index (χ2n) is 5.54. The highest BCUT2D eigenvalue weighted by molar-refractivity contribution is 4.92. The summed E-state index contributed by atoms with van der Waals surface area (Å²) in [6.45, 7) is 5.82. The second kappa shape index (κ2) is 4.78. The highest BCUT2D eigenvalue weighted by Crippen LogP contribution is 2.29. The molecule has 1 saturated carbocycles. The van der Waals surface area contributed by atoms with Gasteiger partial charge in [-0.15, -0.1) is 0 Å². The van der Waals surface area contributed by atoms with Crippen LogP contribution in [0.2, 0.25) is 0 Å². The van der Waals surface area contributed by atoms with Crippen LogP contribution in [0.3, 0.4) is 0 Å². The molecule has 4 nitrogen and oxygen atoms in total. The number of imidazole rings is 1. The Morgan fingerprint density at radius 1 is 1.41 bits per heavy atom. The Morgan fingerprint density at radius 3 is 3.00 bits per heavy atom. The molecule has 0 bridgehead atoms. The van der Waals surface area contributed by atoms with Crippen molar-refractivity contribution < 1.29 is 0 Å². The number of nitrogens with one attached hydrogen (secondary N) is 1. The molecule has 2 unspecified atom stereocenters. The van der Waals surface area contributed by atoms with E-state index >= 15 is 0 Å². The molecule has 4 heteroatoms. The molecule has 2 heterocycles. The molecule has 0 spiro atoms. The third-order valence-corrected chi connectivity index (χ3v) is 3.85. The van der Waals surface area contributed by atoms with Gasteiger partial charge in [-0.2, -0.15) is 0 Å². The van der Waals surface area contributed by atoms with E-state index in [1.165, 1.54) is 32.4 Å². The van der Waals surface area contributed by atoms with Crippen LogP contribution >= 0.6 is 0 Å². The van der Waals surface area contributed by atoms with Crippen LogP contribution in [0.4, 0.5) is 0 Å². The normalized spacial score (nSPS) is 27.5. The maximum Gasteiger partial charge on any atom is 0.0946 e. The molecular formula is C13H22N4. The Morgan fingerprint density at radius 2 is 2.29 bits per heavy atom. The zero-order chi connectivity index (χ0) is 11.7. The summed E-state index contributed by atoms with van der Waals surface area (Å²) in [5.74, 6) is 0. The second-order valence-corrected chi connectivity index (χ2v) is 5.54. The Hall–Kier alpha value is -0.870. The lowest BCUT2D eigenvalue weighted by atomic mass is 10.2. The molecular weight excluding hydrogens is 212 g/mol. The smallest absolute Gasteiger partial charge is 0.0946 e. The topological polar surface area (TPSA) is 33.1 Å². The lowest BCUT2D eigenvalue weighted by molar-refractivity contribution is 0.310. The van der Waals surface area contributed by atoms with Crippen molar-refractivity contribution in [2.45, 2.75) is 50.9 Å². The van der Waals surface area contributed by atoms with E-state index in [4.69, 9.17) is 0 Å². The summed E-state index contributed by atoms with van der Waals surface area (Å²) in [5, 5.41) is 3.74. The quantitative estimate of drug-likeness (QED) is 0.828. The van der Waals surface area contributed by atoms with Crippen molar-refractivity contribution in [3.63, 3.8) is 0 Å². The fourth-order valence-corrected chi connectivity index (χ4v) is 2.86. The number of hydrogen-bond donors (Lipinski definition) is 1. The number of aromatic nitrogens is 2. The largest absolute Gasteiger partial charge is 0.336 e. The average Bonchev–Trinajstić information content (AvgIpc) is 2.84. The minimum atomic E-state index is 0.522. The van der Waals surface area contributed by atoms with E-state index in [9.17, 15) is 0 Å². The van der Waals surface area contributed by atoms with Crippen LogP contribution in [0, 0.1) is 0 Å². The molecule has 2 fully saturated rings. The van der Waals surface area contributed by atoms with Crippen molar-refractivity contribution in [2.24, 2.45) is 0 Å². The molecule has 0 aromatic carbocycles. The number of nitrogens with zero attached hydrogens (tertiary/aromatic N) is 3. The molecule has 94 valence electrons. The van der Waals surface area contributed by atoms with Gasteiger partial charge in [-0.3, -0.25) is 4.90 Å². The standard InChI is InChI=1S/C13H22N4/c1-11(8-16-7-5-14-10-16)15-12-4-6-17(9-12)13-2-3-13/h5,7,10-13,15H,2-4,6,8-9H2,1H3. The SMILES string of the molecule is CC(Cn1ccnc1)NC1CCN(C2CC2)C1.